The molecule has 0 aromatic heterocycles. The maximum atomic E-state index is 11.7. The van der Waals surface area contributed by atoms with Crippen LogP contribution in [0.25, 0.3) is 0 Å². The van der Waals surface area contributed by atoms with Crippen molar-refractivity contribution in [1.29, 1.82) is 0 Å². The van der Waals surface area contributed by atoms with Crippen LogP contribution in [-0.4, -0.2) is 44.9 Å². The first-order valence-electron chi connectivity index (χ1n) is 7.51. The van der Waals surface area contributed by atoms with Crippen molar-refractivity contribution < 1.29 is 14.3 Å². The van der Waals surface area contributed by atoms with Crippen molar-refractivity contribution in [3.8, 4) is 5.75 Å². The van der Waals surface area contributed by atoms with E-state index in [1.54, 1.807) is 0 Å². The summed E-state index contributed by atoms with van der Waals surface area (Å²) < 4.78 is 10.9. The van der Waals surface area contributed by atoms with Gasteiger partial charge in [0.15, 0.2) is 0 Å². The molecule has 116 valence electrons. The van der Waals surface area contributed by atoms with E-state index in [-0.39, 0.29) is 11.9 Å². The first-order chi connectivity index (χ1) is 10.2. The van der Waals surface area contributed by atoms with Gasteiger partial charge in [-0.2, -0.15) is 0 Å². The fourth-order valence-electron chi connectivity index (χ4n) is 2.27. The fraction of sp³-hybridized carbons (Fsp3) is 0.562. The van der Waals surface area contributed by atoms with Gasteiger partial charge >= 0.3 is 0 Å². The quantitative estimate of drug-likeness (QED) is 0.743. The summed E-state index contributed by atoms with van der Waals surface area (Å²) in [6.07, 6.45) is 1.81. The minimum absolute atomic E-state index is 0.0393. The van der Waals surface area contributed by atoms with E-state index in [4.69, 9.17) is 9.47 Å². The zero-order chi connectivity index (χ0) is 14.9. The van der Waals surface area contributed by atoms with Gasteiger partial charge in [0.1, 0.15) is 12.4 Å². The van der Waals surface area contributed by atoms with Gasteiger partial charge in [0, 0.05) is 25.8 Å². The molecule has 1 aliphatic heterocycles. The predicted octanol–water partition coefficient (Wildman–Crippen LogP) is 1.26. The van der Waals surface area contributed by atoms with Crippen LogP contribution in [0.3, 0.4) is 0 Å². The predicted molar refractivity (Wildman–Crippen MR) is 81.5 cm³/mol. The van der Waals surface area contributed by atoms with E-state index in [0.29, 0.717) is 19.7 Å². The van der Waals surface area contributed by atoms with Crippen molar-refractivity contribution in [2.45, 2.75) is 25.8 Å². The topological polar surface area (TPSA) is 59.6 Å². The number of amides is 1. The van der Waals surface area contributed by atoms with E-state index in [1.165, 1.54) is 5.56 Å². The minimum Gasteiger partial charge on any atom is -0.492 e. The van der Waals surface area contributed by atoms with E-state index >= 15 is 0 Å². The molecule has 0 radical (unpaired) electrons. The molecule has 1 amide bonds. The molecule has 0 spiro atoms. The maximum absolute atomic E-state index is 11.7. The van der Waals surface area contributed by atoms with Gasteiger partial charge in [-0.05, 0) is 37.5 Å². The largest absolute Gasteiger partial charge is 0.492 e. The van der Waals surface area contributed by atoms with Crippen molar-refractivity contribution in [2.75, 3.05) is 32.9 Å². The fourth-order valence-corrected chi connectivity index (χ4v) is 2.27. The zero-order valence-corrected chi connectivity index (χ0v) is 12.6. The number of hydrogen-bond acceptors (Lipinski definition) is 4. The lowest BCUT2D eigenvalue weighted by Crippen LogP contribution is -2.43. The molecule has 1 heterocycles. The molecule has 1 aromatic carbocycles. The highest BCUT2D eigenvalue weighted by Gasteiger charge is 2.15. The Balaban J connectivity index is 1.53. The van der Waals surface area contributed by atoms with Gasteiger partial charge in [-0.3, -0.25) is 4.79 Å². The monoisotopic (exact) mass is 292 g/mol. The van der Waals surface area contributed by atoms with Gasteiger partial charge in [-0.1, -0.05) is 12.1 Å². The summed E-state index contributed by atoms with van der Waals surface area (Å²) >= 11 is 0. The molecule has 1 aliphatic rings. The number of hydrogen-bond donors (Lipinski definition) is 2. The zero-order valence-electron chi connectivity index (χ0n) is 12.6. The van der Waals surface area contributed by atoms with Crippen molar-refractivity contribution in [2.24, 2.45) is 0 Å². The van der Waals surface area contributed by atoms with Crippen molar-refractivity contribution in [3.05, 3.63) is 29.8 Å². The summed E-state index contributed by atoms with van der Waals surface area (Å²) in [4.78, 5) is 11.7. The van der Waals surface area contributed by atoms with Crippen LogP contribution in [0.4, 0.5) is 0 Å². The van der Waals surface area contributed by atoms with E-state index < -0.39 is 0 Å². The molecule has 0 bridgehead atoms. The Morgan fingerprint density at radius 1 is 1.38 bits per heavy atom. The Labute approximate surface area is 126 Å². The lowest BCUT2D eigenvalue weighted by Gasteiger charge is -2.23. The Bertz CT molecular complexity index is 445. The molecular weight excluding hydrogens is 268 g/mol. The SMILES string of the molecule is Cc1cccc(OCCNCC(=O)NC2CCOCC2)c1. The first-order valence-corrected chi connectivity index (χ1v) is 7.51. The van der Waals surface area contributed by atoms with Crippen LogP contribution in [0.1, 0.15) is 18.4 Å². The number of carbonyl (C=O) groups is 1. The summed E-state index contributed by atoms with van der Waals surface area (Å²) in [5, 5.41) is 6.10. The normalized spacial score (nSPS) is 15.7. The highest BCUT2D eigenvalue weighted by molar-refractivity contribution is 5.78. The second-order valence-electron chi connectivity index (χ2n) is 5.30. The second-order valence-corrected chi connectivity index (χ2v) is 5.30. The Morgan fingerprint density at radius 3 is 2.95 bits per heavy atom. The summed E-state index contributed by atoms with van der Waals surface area (Å²) in [7, 11) is 0. The molecule has 21 heavy (non-hydrogen) atoms. The second kappa shape index (κ2) is 8.64. The smallest absolute Gasteiger partial charge is 0.234 e. The summed E-state index contributed by atoms with van der Waals surface area (Å²) in [5.41, 5.74) is 1.18. The summed E-state index contributed by atoms with van der Waals surface area (Å²) in [6, 6.07) is 8.20. The molecule has 2 N–H and O–H groups in total. The van der Waals surface area contributed by atoms with Crippen molar-refractivity contribution >= 4 is 5.91 Å². The maximum Gasteiger partial charge on any atom is 0.234 e. The van der Waals surface area contributed by atoms with E-state index in [9.17, 15) is 4.79 Å². The molecule has 0 aliphatic carbocycles. The minimum atomic E-state index is 0.0393. The molecule has 5 heteroatoms. The first kappa shape index (κ1) is 15.8. The molecule has 0 unspecified atom stereocenters. The number of benzene rings is 1. The summed E-state index contributed by atoms with van der Waals surface area (Å²) in [5.74, 6) is 0.904. The molecule has 0 saturated carbocycles. The Hall–Kier alpha value is -1.59. The van der Waals surface area contributed by atoms with Crippen LogP contribution in [0.5, 0.6) is 5.75 Å². The van der Waals surface area contributed by atoms with Gasteiger partial charge in [0.25, 0.3) is 0 Å². The van der Waals surface area contributed by atoms with E-state index in [0.717, 1.165) is 31.8 Å². The van der Waals surface area contributed by atoms with E-state index in [1.807, 2.05) is 31.2 Å². The number of rotatable bonds is 7. The highest BCUT2D eigenvalue weighted by atomic mass is 16.5. The van der Waals surface area contributed by atoms with E-state index in [2.05, 4.69) is 10.6 Å². The van der Waals surface area contributed by atoms with Crippen LogP contribution < -0.4 is 15.4 Å². The number of ether oxygens (including phenoxy) is 2. The number of carbonyl (C=O) groups excluding carboxylic acids is 1. The van der Waals surface area contributed by atoms with Gasteiger partial charge in [0.05, 0.1) is 6.54 Å². The molecule has 0 atom stereocenters. The summed E-state index contributed by atoms with van der Waals surface area (Å²) in [6.45, 7) is 5.04. The average Bonchev–Trinajstić information content (AvgIpc) is 2.48. The van der Waals surface area contributed by atoms with Gasteiger partial charge in [0.2, 0.25) is 5.91 Å². The van der Waals surface area contributed by atoms with Crippen LogP contribution >= 0.6 is 0 Å². The van der Waals surface area contributed by atoms with Crippen LogP contribution in [0.2, 0.25) is 0 Å². The lowest BCUT2D eigenvalue weighted by atomic mass is 10.1. The van der Waals surface area contributed by atoms with Crippen molar-refractivity contribution in [1.82, 2.24) is 10.6 Å². The van der Waals surface area contributed by atoms with Crippen LogP contribution in [0.15, 0.2) is 24.3 Å². The third-order valence-electron chi connectivity index (χ3n) is 3.41. The van der Waals surface area contributed by atoms with Gasteiger partial charge < -0.3 is 20.1 Å². The molecule has 1 aromatic rings. The molecule has 1 fully saturated rings. The lowest BCUT2D eigenvalue weighted by molar-refractivity contribution is -0.121. The molecule has 1 saturated heterocycles. The Morgan fingerprint density at radius 2 is 2.19 bits per heavy atom. The average molecular weight is 292 g/mol. The standard InChI is InChI=1S/C16H24N2O3/c1-13-3-2-4-15(11-13)21-10-7-17-12-16(19)18-14-5-8-20-9-6-14/h2-4,11,14,17H,5-10,12H2,1H3,(H,18,19). The number of aryl methyl sites for hydroxylation is 1. The number of nitrogens with one attached hydrogen (secondary N) is 2. The molecule has 5 nitrogen and oxygen atoms in total. The van der Waals surface area contributed by atoms with Crippen LogP contribution in [-0.2, 0) is 9.53 Å². The van der Waals surface area contributed by atoms with Crippen molar-refractivity contribution in [3.63, 3.8) is 0 Å². The third kappa shape index (κ3) is 6.14. The molecular formula is C16H24N2O3. The van der Waals surface area contributed by atoms with Crippen LogP contribution in [0, 0.1) is 6.92 Å². The highest BCUT2D eigenvalue weighted by Crippen LogP contribution is 2.11. The molecule has 2 rings (SSSR count). The van der Waals surface area contributed by atoms with Gasteiger partial charge in [-0.15, -0.1) is 0 Å². The van der Waals surface area contributed by atoms with Gasteiger partial charge in [-0.25, -0.2) is 0 Å². The Kier molecular flexibility index (Phi) is 6.50. The third-order valence-corrected chi connectivity index (χ3v) is 3.41.